The van der Waals surface area contributed by atoms with Crippen LogP contribution >= 0.6 is 0 Å². The van der Waals surface area contributed by atoms with E-state index in [1.165, 1.54) is 5.56 Å². The summed E-state index contributed by atoms with van der Waals surface area (Å²) in [6, 6.07) is 10.6. The Bertz CT molecular complexity index is 478. The highest BCUT2D eigenvalue weighted by molar-refractivity contribution is 5.79. The van der Waals surface area contributed by atoms with Crippen LogP contribution in [0.1, 0.15) is 25.8 Å². The molecular formula is C18H29N3O. The predicted octanol–water partition coefficient (Wildman–Crippen LogP) is 2.51. The van der Waals surface area contributed by atoms with Crippen LogP contribution in [0, 0.1) is 5.92 Å². The van der Waals surface area contributed by atoms with Crippen molar-refractivity contribution in [2.45, 2.75) is 25.7 Å². The lowest BCUT2D eigenvalue weighted by atomic mass is 9.85. The Kier molecular flexibility index (Phi) is 5.83. The molecule has 0 saturated carbocycles. The molecule has 0 radical (unpaired) electrons. The Balaban J connectivity index is 1.90. The number of aliphatic imine (C=N–C) groups is 1. The molecule has 1 saturated heterocycles. The molecule has 22 heavy (non-hydrogen) atoms. The SMILES string of the molecule is CN=C(NCC(C)(C)c1ccccc1)N(C)CC1CCOC1. The van der Waals surface area contributed by atoms with E-state index >= 15 is 0 Å². The molecule has 0 spiro atoms. The number of hydrogen-bond acceptors (Lipinski definition) is 2. The van der Waals surface area contributed by atoms with Crippen molar-refractivity contribution in [2.75, 3.05) is 40.4 Å². The fraction of sp³-hybridized carbons (Fsp3) is 0.611. The van der Waals surface area contributed by atoms with Crippen molar-refractivity contribution < 1.29 is 4.74 Å². The van der Waals surface area contributed by atoms with E-state index < -0.39 is 0 Å². The molecule has 4 heteroatoms. The van der Waals surface area contributed by atoms with E-state index in [9.17, 15) is 0 Å². The topological polar surface area (TPSA) is 36.9 Å². The minimum absolute atomic E-state index is 0.0640. The van der Waals surface area contributed by atoms with Crippen molar-refractivity contribution in [3.05, 3.63) is 35.9 Å². The molecule has 1 N–H and O–H groups in total. The van der Waals surface area contributed by atoms with Crippen LogP contribution in [0.25, 0.3) is 0 Å². The van der Waals surface area contributed by atoms with Gasteiger partial charge in [-0.3, -0.25) is 4.99 Å². The van der Waals surface area contributed by atoms with Crippen molar-refractivity contribution in [3.8, 4) is 0 Å². The first-order valence-electron chi connectivity index (χ1n) is 8.08. The lowest BCUT2D eigenvalue weighted by molar-refractivity contribution is 0.181. The van der Waals surface area contributed by atoms with Gasteiger partial charge in [-0.15, -0.1) is 0 Å². The van der Waals surface area contributed by atoms with Gasteiger partial charge in [0, 0.05) is 45.1 Å². The molecular weight excluding hydrogens is 274 g/mol. The van der Waals surface area contributed by atoms with Gasteiger partial charge < -0.3 is 15.0 Å². The lowest BCUT2D eigenvalue weighted by Gasteiger charge is -2.30. The maximum atomic E-state index is 5.46. The van der Waals surface area contributed by atoms with E-state index in [2.05, 4.69) is 66.4 Å². The maximum Gasteiger partial charge on any atom is 0.193 e. The van der Waals surface area contributed by atoms with E-state index in [-0.39, 0.29) is 5.41 Å². The monoisotopic (exact) mass is 303 g/mol. The quantitative estimate of drug-likeness (QED) is 0.671. The van der Waals surface area contributed by atoms with Gasteiger partial charge in [0.25, 0.3) is 0 Å². The zero-order chi connectivity index (χ0) is 16.0. The van der Waals surface area contributed by atoms with E-state index in [1.807, 2.05) is 7.05 Å². The van der Waals surface area contributed by atoms with Crippen LogP contribution in [-0.2, 0) is 10.2 Å². The number of ether oxygens (including phenoxy) is 1. The second-order valence-corrected chi connectivity index (χ2v) is 6.76. The van der Waals surface area contributed by atoms with E-state index in [0.29, 0.717) is 5.92 Å². The van der Waals surface area contributed by atoms with Crippen molar-refractivity contribution in [3.63, 3.8) is 0 Å². The highest BCUT2D eigenvalue weighted by Crippen LogP contribution is 2.21. The zero-order valence-electron chi connectivity index (χ0n) is 14.3. The first-order valence-corrected chi connectivity index (χ1v) is 8.08. The Morgan fingerprint density at radius 1 is 1.36 bits per heavy atom. The molecule has 1 aromatic carbocycles. The van der Waals surface area contributed by atoms with Crippen LogP contribution < -0.4 is 5.32 Å². The summed E-state index contributed by atoms with van der Waals surface area (Å²) in [6.07, 6.45) is 1.15. The maximum absolute atomic E-state index is 5.46. The van der Waals surface area contributed by atoms with Gasteiger partial charge in [-0.1, -0.05) is 44.2 Å². The molecule has 1 heterocycles. The van der Waals surface area contributed by atoms with Gasteiger partial charge in [0.1, 0.15) is 0 Å². The van der Waals surface area contributed by atoms with Crippen molar-refractivity contribution in [1.82, 2.24) is 10.2 Å². The first kappa shape index (κ1) is 16.8. The number of nitrogens with zero attached hydrogens (tertiary/aromatic N) is 2. The van der Waals surface area contributed by atoms with Gasteiger partial charge in [-0.2, -0.15) is 0 Å². The highest BCUT2D eigenvalue weighted by Gasteiger charge is 2.23. The Morgan fingerprint density at radius 2 is 2.09 bits per heavy atom. The molecule has 1 atom stereocenters. The molecule has 1 fully saturated rings. The molecule has 1 aromatic rings. The Morgan fingerprint density at radius 3 is 2.68 bits per heavy atom. The summed E-state index contributed by atoms with van der Waals surface area (Å²) in [5, 5.41) is 3.52. The molecule has 0 aromatic heterocycles. The van der Waals surface area contributed by atoms with E-state index in [1.54, 1.807) is 0 Å². The van der Waals surface area contributed by atoms with Gasteiger partial charge in [0.2, 0.25) is 0 Å². The van der Waals surface area contributed by atoms with Gasteiger partial charge in [-0.25, -0.2) is 0 Å². The average molecular weight is 303 g/mol. The van der Waals surface area contributed by atoms with E-state index in [0.717, 1.165) is 38.7 Å². The summed E-state index contributed by atoms with van der Waals surface area (Å²) in [7, 11) is 3.95. The largest absolute Gasteiger partial charge is 0.381 e. The van der Waals surface area contributed by atoms with Crippen LogP contribution in [0.4, 0.5) is 0 Å². The highest BCUT2D eigenvalue weighted by atomic mass is 16.5. The lowest BCUT2D eigenvalue weighted by Crippen LogP contribution is -2.45. The molecule has 4 nitrogen and oxygen atoms in total. The summed E-state index contributed by atoms with van der Waals surface area (Å²) in [6.45, 7) is 8.13. The summed E-state index contributed by atoms with van der Waals surface area (Å²) in [4.78, 5) is 6.63. The second kappa shape index (κ2) is 7.63. The number of hydrogen-bond donors (Lipinski definition) is 1. The fourth-order valence-electron chi connectivity index (χ4n) is 2.88. The second-order valence-electron chi connectivity index (χ2n) is 6.76. The van der Waals surface area contributed by atoms with Crippen LogP contribution in [0.2, 0.25) is 0 Å². The zero-order valence-corrected chi connectivity index (χ0v) is 14.3. The molecule has 0 amide bonds. The molecule has 1 aliphatic rings. The summed E-state index contributed by atoms with van der Waals surface area (Å²) >= 11 is 0. The normalized spacial score (nSPS) is 19.3. The standard InChI is InChI=1S/C18H29N3O/c1-18(2,16-8-6-5-7-9-16)14-20-17(19-3)21(4)12-15-10-11-22-13-15/h5-9,15H,10-14H2,1-4H3,(H,19,20). The number of benzene rings is 1. The smallest absolute Gasteiger partial charge is 0.193 e. The average Bonchev–Trinajstić information content (AvgIpc) is 3.01. The van der Waals surface area contributed by atoms with E-state index in [4.69, 9.17) is 4.74 Å². The van der Waals surface area contributed by atoms with Gasteiger partial charge in [0.05, 0.1) is 6.61 Å². The number of nitrogens with one attached hydrogen (secondary N) is 1. The molecule has 122 valence electrons. The minimum Gasteiger partial charge on any atom is -0.381 e. The number of guanidine groups is 1. The summed E-state index contributed by atoms with van der Waals surface area (Å²) in [5.74, 6) is 1.57. The van der Waals surface area contributed by atoms with Crippen LogP contribution in [0.3, 0.4) is 0 Å². The third-order valence-corrected chi connectivity index (χ3v) is 4.37. The Hall–Kier alpha value is -1.55. The Labute approximate surface area is 134 Å². The molecule has 0 bridgehead atoms. The fourth-order valence-corrected chi connectivity index (χ4v) is 2.88. The van der Waals surface area contributed by atoms with Gasteiger partial charge in [0.15, 0.2) is 5.96 Å². The number of rotatable bonds is 5. The molecule has 0 aliphatic carbocycles. The van der Waals surface area contributed by atoms with Crippen LogP contribution in [0.5, 0.6) is 0 Å². The van der Waals surface area contributed by atoms with Crippen LogP contribution in [0.15, 0.2) is 35.3 Å². The van der Waals surface area contributed by atoms with Crippen LogP contribution in [-0.4, -0.2) is 51.3 Å². The predicted molar refractivity (Wildman–Crippen MR) is 92.4 cm³/mol. The minimum atomic E-state index is 0.0640. The molecule has 2 rings (SSSR count). The van der Waals surface area contributed by atoms with Crippen molar-refractivity contribution in [1.29, 1.82) is 0 Å². The molecule has 1 unspecified atom stereocenters. The van der Waals surface area contributed by atoms with Crippen molar-refractivity contribution >= 4 is 5.96 Å². The van der Waals surface area contributed by atoms with Gasteiger partial charge >= 0.3 is 0 Å². The van der Waals surface area contributed by atoms with Gasteiger partial charge in [-0.05, 0) is 12.0 Å². The molecule has 1 aliphatic heterocycles. The third-order valence-electron chi connectivity index (χ3n) is 4.37. The third kappa shape index (κ3) is 4.47. The summed E-state index contributed by atoms with van der Waals surface area (Å²) in [5.41, 5.74) is 1.40. The summed E-state index contributed by atoms with van der Waals surface area (Å²) < 4.78 is 5.46. The first-order chi connectivity index (χ1) is 10.5. The van der Waals surface area contributed by atoms with Crippen molar-refractivity contribution in [2.24, 2.45) is 10.9 Å².